The van der Waals surface area contributed by atoms with Gasteiger partial charge in [0, 0.05) is 24.9 Å². The van der Waals surface area contributed by atoms with Crippen LogP contribution < -0.4 is 5.32 Å². The fourth-order valence-corrected chi connectivity index (χ4v) is 2.53. The van der Waals surface area contributed by atoms with E-state index >= 15 is 0 Å². The van der Waals surface area contributed by atoms with Crippen LogP contribution in [-0.2, 0) is 4.79 Å². The number of Topliss-reactive ketones (excluding diaryl/α,β-unsaturated/α-hetero) is 1. The molecule has 2 saturated carbocycles. The van der Waals surface area contributed by atoms with Crippen molar-refractivity contribution in [3.63, 3.8) is 0 Å². The van der Waals surface area contributed by atoms with Gasteiger partial charge in [0.1, 0.15) is 5.78 Å². The summed E-state index contributed by atoms with van der Waals surface area (Å²) < 4.78 is 0. The monoisotopic (exact) mass is 181 g/mol. The van der Waals surface area contributed by atoms with Gasteiger partial charge in [-0.1, -0.05) is 12.8 Å². The molecule has 0 aromatic heterocycles. The summed E-state index contributed by atoms with van der Waals surface area (Å²) in [6.45, 7) is 0. The molecule has 2 heteroatoms. The fourth-order valence-electron chi connectivity index (χ4n) is 2.53. The van der Waals surface area contributed by atoms with Crippen LogP contribution in [0.4, 0.5) is 0 Å². The molecule has 2 aliphatic carbocycles. The maximum Gasteiger partial charge on any atom is 0.133 e. The molecule has 2 rings (SSSR count). The molecule has 0 saturated heterocycles. The third-order valence-electron chi connectivity index (χ3n) is 3.37. The summed E-state index contributed by atoms with van der Waals surface area (Å²) in [5.41, 5.74) is 0. The van der Waals surface area contributed by atoms with Gasteiger partial charge in [-0.3, -0.25) is 4.79 Å². The highest BCUT2D eigenvalue weighted by molar-refractivity contribution is 5.79. The van der Waals surface area contributed by atoms with E-state index in [1.54, 1.807) is 0 Å². The number of nitrogens with one attached hydrogen (secondary N) is 1. The highest BCUT2D eigenvalue weighted by Gasteiger charge is 2.22. The van der Waals surface area contributed by atoms with Gasteiger partial charge in [0.25, 0.3) is 0 Å². The Kier molecular flexibility index (Phi) is 2.99. The first-order chi connectivity index (χ1) is 6.34. The van der Waals surface area contributed by atoms with Gasteiger partial charge >= 0.3 is 0 Å². The van der Waals surface area contributed by atoms with Crippen molar-refractivity contribution in [3.8, 4) is 0 Å². The van der Waals surface area contributed by atoms with Gasteiger partial charge in [-0.25, -0.2) is 0 Å². The van der Waals surface area contributed by atoms with Gasteiger partial charge in [-0.15, -0.1) is 0 Å². The number of rotatable bonds is 2. The summed E-state index contributed by atoms with van der Waals surface area (Å²) >= 11 is 0. The van der Waals surface area contributed by atoms with Crippen molar-refractivity contribution in [1.82, 2.24) is 5.32 Å². The van der Waals surface area contributed by atoms with Crippen LogP contribution in [0.2, 0.25) is 0 Å². The number of carbonyl (C=O) groups is 1. The van der Waals surface area contributed by atoms with E-state index in [0.29, 0.717) is 11.8 Å². The molecular formula is C11H19NO. The lowest BCUT2D eigenvalue weighted by molar-refractivity contribution is -0.120. The highest BCUT2D eigenvalue weighted by Crippen LogP contribution is 2.21. The minimum Gasteiger partial charge on any atom is -0.311 e. The molecule has 0 bridgehead atoms. The SMILES string of the molecule is O=C1CCC(NC2CCCC2)CC1. The van der Waals surface area contributed by atoms with E-state index in [2.05, 4.69) is 5.32 Å². The third kappa shape index (κ3) is 2.53. The Morgan fingerprint density at radius 3 is 2.08 bits per heavy atom. The molecule has 13 heavy (non-hydrogen) atoms. The van der Waals surface area contributed by atoms with Crippen molar-refractivity contribution >= 4 is 5.78 Å². The summed E-state index contributed by atoms with van der Waals surface area (Å²) in [7, 11) is 0. The smallest absolute Gasteiger partial charge is 0.133 e. The molecule has 0 aliphatic heterocycles. The van der Waals surface area contributed by atoms with Crippen LogP contribution in [0.5, 0.6) is 0 Å². The normalized spacial score (nSPS) is 26.9. The molecular weight excluding hydrogens is 162 g/mol. The number of ketones is 1. The van der Waals surface area contributed by atoms with Crippen LogP contribution in [0.25, 0.3) is 0 Å². The summed E-state index contributed by atoms with van der Waals surface area (Å²) in [5, 5.41) is 3.69. The molecule has 74 valence electrons. The first-order valence-electron chi connectivity index (χ1n) is 5.62. The van der Waals surface area contributed by atoms with E-state index in [9.17, 15) is 4.79 Å². The summed E-state index contributed by atoms with van der Waals surface area (Å²) in [6, 6.07) is 1.40. The van der Waals surface area contributed by atoms with Gasteiger partial charge < -0.3 is 5.32 Å². The van der Waals surface area contributed by atoms with Gasteiger partial charge in [0.05, 0.1) is 0 Å². The fraction of sp³-hybridized carbons (Fsp3) is 0.909. The van der Waals surface area contributed by atoms with Crippen molar-refractivity contribution in [3.05, 3.63) is 0 Å². The molecule has 0 aromatic carbocycles. The van der Waals surface area contributed by atoms with Crippen LogP contribution in [-0.4, -0.2) is 17.9 Å². The largest absolute Gasteiger partial charge is 0.311 e. The van der Waals surface area contributed by atoms with E-state index in [1.165, 1.54) is 25.7 Å². The second-order valence-corrected chi connectivity index (χ2v) is 4.46. The molecule has 0 amide bonds. The second kappa shape index (κ2) is 4.23. The molecule has 0 aromatic rings. The van der Waals surface area contributed by atoms with Crippen LogP contribution in [0.3, 0.4) is 0 Å². The summed E-state index contributed by atoms with van der Waals surface area (Å²) in [4.78, 5) is 11.0. The van der Waals surface area contributed by atoms with E-state index in [-0.39, 0.29) is 0 Å². The van der Waals surface area contributed by atoms with Crippen molar-refractivity contribution in [1.29, 1.82) is 0 Å². The van der Waals surface area contributed by atoms with Crippen LogP contribution in [0, 0.1) is 0 Å². The molecule has 0 radical (unpaired) electrons. The molecule has 2 fully saturated rings. The van der Waals surface area contributed by atoms with Crippen molar-refractivity contribution < 1.29 is 4.79 Å². The van der Waals surface area contributed by atoms with Crippen molar-refractivity contribution in [2.24, 2.45) is 0 Å². The first kappa shape index (κ1) is 9.20. The Hall–Kier alpha value is -0.370. The lowest BCUT2D eigenvalue weighted by Crippen LogP contribution is -2.39. The van der Waals surface area contributed by atoms with Crippen LogP contribution in [0.15, 0.2) is 0 Å². The maximum absolute atomic E-state index is 11.0. The molecule has 0 heterocycles. The summed E-state index contributed by atoms with van der Waals surface area (Å²) in [6.07, 6.45) is 9.26. The number of carbonyl (C=O) groups excluding carboxylic acids is 1. The van der Waals surface area contributed by atoms with Gasteiger partial charge in [-0.05, 0) is 25.7 Å². The van der Waals surface area contributed by atoms with Crippen molar-refractivity contribution in [2.75, 3.05) is 0 Å². The van der Waals surface area contributed by atoms with E-state index in [1.807, 2.05) is 0 Å². The number of hydrogen-bond acceptors (Lipinski definition) is 2. The van der Waals surface area contributed by atoms with Crippen molar-refractivity contribution in [2.45, 2.75) is 63.5 Å². The van der Waals surface area contributed by atoms with E-state index in [0.717, 1.165) is 31.7 Å². The zero-order valence-corrected chi connectivity index (χ0v) is 8.22. The Bertz CT molecular complexity index is 175. The average molecular weight is 181 g/mol. The first-order valence-corrected chi connectivity index (χ1v) is 5.62. The molecule has 0 atom stereocenters. The zero-order valence-electron chi connectivity index (χ0n) is 8.22. The quantitative estimate of drug-likeness (QED) is 0.706. The lowest BCUT2D eigenvalue weighted by Gasteiger charge is -2.25. The van der Waals surface area contributed by atoms with E-state index in [4.69, 9.17) is 0 Å². The van der Waals surface area contributed by atoms with Gasteiger partial charge in [0.2, 0.25) is 0 Å². The topological polar surface area (TPSA) is 29.1 Å². The zero-order chi connectivity index (χ0) is 9.10. The summed E-state index contributed by atoms with van der Waals surface area (Å²) in [5.74, 6) is 0.462. The Morgan fingerprint density at radius 1 is 0.923 bits per heavy atom. The second-order valence-electron chi connectivity index (χ2n) is 4.46. The van der Waals surface area contributed by atoms with Crippen LogP contribution >= 0.6 is 0 Å². The number of hydrogen-bond donors (Lipinski definition) is 1. The Morgan fingerprint density at radius 2 is 1.46 bits per heavy atom. The predicted molar refractivity (Wildman–Crippen MR) is 52.7 cm³/mol. The van der Waals surface area contributed by atoms with Gasteiger partial charge in [0.15, 0.2) is 0 Å². The maximum atomic E-state index is 11.0. The molecule has 2 nitrogen and oxygen atoms in total. The predicted octanol–water partition coefficient (Wildman–Crippen LogP) is 2.03. The van der Waals surface area contributed by atoms with Gasteiger partial charge in [-0.2, -0.15) is 0 Å². The molecule has 0 spiro atoms. The minimum absolute atomic E-state index is 0.462. The minimum atomic E-state index is 0.462. The standard InChI is InChI=1S/C11H19NO/c13-11-7-5-10(6-8-11)12-9-3-1-2-4-9/h9-10,12H,1-8H2. The van der Waals surface area contributed by atoms with E-state index < -0.39 is 0 Å². The third-order valence-corrected chi connectivity index (χ3v) is 3.37. The Balaban J connectivity index is 1.72. The average Bonchev–Trinajstić information content (AvgIpc) is 2.62. The molecule has 1 N–H and O–H groups in total. The van der Waals surface area contributed by atoms with Crippen LogP contribution in [0.1, 0.15) is 51.4 Å². The lowest BCUT2D eigenvalue weighted by atomic mass is 9.93. The molecule has 2 aliphatic rings. The highest BCUT2D eigenvalue weighted by atomic mass is 16.1. The molecule has 0 unspecified atom stereocenters. The Labute approximate surface area is 80.1 Å².